The molecule has 3 rings (SSSR count). The molecule has 10 unspecified atom stereocenters. The standard InChI is InChI=1S/C43H77N3O15.Y/c1-27-22-30(24-47)46(23-27)37(53)18-7-5-4-6-15-32(50)31(45-36(52)17-10-13-21-59-43-29(3)39(55)41(57)34(26-49)61-43)14-8-11-19-44-35(51)16-9-12-20-58-42-28(2)38(54)40(56)33(25-48)60-42;/h27-31,33-34,38-43,47-49,54-57H,4-26H2,1-3H3,(H,44,51)(H,45,52);/t27-,28?,29?,30+,31-,33?,34?,38?,39?,40?,41?,42?,43?;/m1./s1. The van der Waals surface area contributed by atoms with E-state index in [0.717, 1.165) is 19.3 Å². The van der Waals surface area contributed by atoms with Gasteiger partial charge in [-0.1, -0.05) is 33.6 Å². The van der Waals surface area contributed by atoms with Gasteiger partial charge in [0, 0.05) is 96.5 Å². The van der Waals surface area contributed by atoms with Crippen molar-refractivity contribution in [2.45, 2.75) is 185 Å². The number of ketones is 1. The van der Waals surface area contributed by atoms with E-state index >= 15 is 0 Å². The molecule has 3 saturated heterocycles. The summed E-state index contributed by atoms with van der Waals surface area (Å²) >= 11 is 0. The number of nitrogens with zero attached hydrogens (tertiary/aromatic N) is 1. The Morgan fingerprint density at radius 2 is 1.16 bits per heavy atom. The van der Waals surface area contributed by atoms with Crippen molar-refractivity contribution in [3.8, 4) is 0 Å². The molecule has 3 heterocycles. The summed E-state index contributed by atoms with van der Waals surface area (Å²) in [5, 5.41) is 74.8. The molecule has 0 aromatic carbocycles. The van der Waals surface area contributed by atoms with Gasteiger partial charge in [-0.15, -0.1) is 0 Å². The van der Waals surface area contributed by atoms with Crippen LogP contribution in [0.3, 0.4) is 0 Å². The summed E-state index contributed by atoms with van der Waals surface area (Å²) in [6, 6.07) is -0.787. The van der Waals surface area contributed by atoms with Crippen molar-refractivity contribution in [2.24, 2.45) is 17.8 Å². The van der Waals surface area contributed by atoms with Gasteiger partial charge in [-0.2, -0.15) is 0 Å². The smallest absolute Gasteiger partial charge is 0.222 e. The van der Waals surface area contributed by atoms with E-state index in [0.29, 0.717) is 83.2 Å². The van der Waals surface area contributed by atoms with Crippen molar-refractivity contribution in [1.29, 1.82) is 0 Å². The van der Waals surface area contributed by atoms with E-state index in [4.69, 9.17) is 18.9 Å². The van der Waals surface area contributed by atoms with E-state index in [1.807, 2.05) is 0 Å². The van der Waals surface area contributed by atoms with Crippen molar-refractivity contribution in [3.63, 3.8) is 0 Å². The van der Waals surface area contributed by atoms with Crippen molar-refractivity contribution in [3.05, 3.63) is 0 Å². The number of hydrogen-bond acceptors (Lipinski definition) is 15. The van der Waals surface area contributed by atoms with Crippen LogP contribution in [-0.2, 0) is 70.8 Å². The fraction of sp³-hybridized carbons (Fsp3) is 0.907. The third-order valence-electron chi connectivity index (χ3n) is 12.2. The molecule has 19 heteroatoms. The summed E-state index contributed by atoms with van der Waals surface area (Å²) < 4.78 is 22.6. The van der Waals surface area contributed by atoms with Crippen molar-refractivity contribution < 1.29 is 107 Å². The van der Waals surface area contributed by atoms with E-state index in [1.165, 1.54) is 0 Å². The number of carbonyl (C=O) groups is 4. The predicted octanol–water partition coefficient (Wildman–Crippen LogP) is 0.418. The van der Waals surface area contributed by atoms with Crippen LogP contribution in [0.1, 0.15) is 124 Å². The number of nitrogens with one attached hydrogen (secondary N) is 2. The Bertz CT molecular complexity index is 1300. The number of likely N-dealkylation sites (tertiary alicyclic amines) is 1. The maximum atomic E-state index is 13.4. The van der Waals surface area contributed by atoms with Gasteiger partial charge in [-0.25, -0.2) is 0 Å². The zero-order valence-electron chi connectivity index (χ0n) is 37.2. The number of aliphatic hydroxyl groups is 7. The molecule has 357 valence electrons. The summed E-state index contributed by atoms with van der Waals surface area (Å²) in [4.78, 5) is 53.4. The Labute approximate surface area is 392 Å². The SMILES string of the molecule is CC1C(OCCCCC(=O)NCCCC[C@@H](NC(=O)CCCCOC2OC(CO)C(O)C(O)C2C)C(=O)CCCCCCC(=O)N2C[C@H](C)C[C@H]2CO)OC(CO)C(O)C1O.[Y]. The van der Waals surface area contributed by atoms with Crippen LogP contribution in [0.4, 0.5) is 0 Å². The quantitative estimate of drug-likeness (QED) is 0.0460. The second kappa shape index (κ2) is 30.9. The fourth-order valence-corrected chi connectivity index (χ4v) is 8.24. The topological polar surface area (TPSA) is 274 Å². The Hall–Kier alpha value is -1.26. The maximum absolute atomic E-state index is 13.4. The number of carbonyl (C=O) groups excluding carboxylic acids is 4. The van der Waals surface area contributed by atoms with Crippen LogP contribution in [0.25, 0.3) is 0 Å². The van der Waals surface area contributed by atoms with Crippen LogP contribution in [0.2, 0.25) is 0 Å². The van der Waals surface area contributed by atoms with Gasteiger partial charge in [-0.3, -0.25) is 19.2 Å². The molecule has 0 spiro atoms. The van der Waals surface area contributed by atoms with Crippen LogP contribution in [0.15, 0.2) is 0 Å². The second-order valence-electron chi connectivity index (χ2n) is 17.4. The molecule has 0 aliphatic carbocycles. The minimum absolute atomic E-state index is 0. The third-order valence-corrected chi connectivity index (χ3v) is 12.2. The molecule has 3 aliphatic rings. The minimum Gasteiger partial charge on any atom is -0.394 e. The van der Waals surface area contributed by atoms with Gasteiger partial charge >= 0.3 is 0 Å². The van der Waals surface area contributed by atoms with Crippen LogP contribution >= 0.6 is 0 Å². The van der Waals surface area contributed by atoms with Gasteiger partial charge in [0.2, 0.25) is 17.7 Å². The molecule has 1 radical (unpaired) electrons. The third kappa shape index (κ3) is 18.9. The first-order valence-electron chi connectivity index (χ1n) is 22.7. The Morgan fingerprint density at radius 1 is 0.645 bits per heavy atom. The van der Waals surface area contributed by atoms with Crippen molar-refractivity contribution >= 4 is 23.5 Å². The molecular weight excluding hydrogens is 887 g/mol. The maximum Gasteiger partial charge on any atom is 0.222 e. The van der Waals surface area contributed by atoms with Crippen LogP contribution in [-0.4, -0.2) is 172 Å². The summed E-state index contributed by atoms with van der Waals surface area (Å²) in [6.07, 6.45) is 0.452. The first-order valence-corrected chi connectivity index (χ1v) is 22.7. The molecule has 0 bridgehead atoms. The first-order chi connectivity index (χ1) is 29.2. The summed E-state index contributed by atoms with van der Waals surface area (Å²) in [6.45, 7) is 6.10. The monoisotopic (exact) mass is 964 g/mol. The Balaban J connectivity index is 0.0000132. The Kier molecular flexibility index (Phi) is 28.3. The molecule has 3 aliphatic heterocycles. The van der Waals surface area contributed by atoms with E-state index in [1.54, 1.807) is 18.7 Å². The number of unbranched alkanes of at least 4 members (excludes halogenated alkanes) is 6. The normalized spacial score (nSPS) is 30.4. The largest absolute Gasteiger partial charge is 0.394 e. The first kappa shape index (κ1) is 56.9. The molecule has 9 N–H and O–H groups in total. The predicted molar refractivity (Wildman–Crippen MR) is 221 cm³/mol. The second-order valence-corrected chi connectivity index (χ2v) is 17.4. The molecular formula is C43H77N3O15Y. The van der Waals surface area contributed by atoms with Crippen molar-refractivity contribution in [2.75, 3.05) is 46.1 Å². The van der Waals surface area contributed by atoms with Crippen LogP contribution in [0, 0.1) is 17.8 Å². The van der Waals surface area contributed by atoms with Crippen LogP contribution < -0.4 is 10.6 Å². The van der Waals surface area contributed by atoms with Crippen molar-refractivity contribution in [1.82, 2.24) is 15.5 Å². The fourth-order valence-electron chi connectivity index (χ4n) is 8.24. The number of amides is 3. The van der Waals surface area contributed by atoms with Gasteiger partial charge in [0.25, 0.3) is 0 Å². The molecule has 3 amide bonds. The summed E-state index contributed by atoms with van der Waals surface area (Å²) in [5.41, 5.74) is 0. The number of Topliss-reactive ketones (excluding diaryl/α,β-unsaturated/α-hetero) is 1. The molecule has 0 saturated carbocycles. The average Bonchev–Trinajstić information content (AvgIpc) is 3.64. The van der Waals surface area contributed by atoms with E-state index < -0.39 is 80.3 Å². The number of rotatable bonds is 29. The number of ether oxygens (including phenoxy) is 4. The van der Waals surface area contributed by atoms with Gasteiger partial charge < -0.3 is 70.2 Å². The zero-order valence-corrected chi connectivity index (χ0v) is 40.0. The van der Waals surface area contributed by atoms with Crippen LogP contribution in [0.5, 0.6) is 0 Å². The van der Waals surface area contributed by atoms with E-state index in [9.17, 15) is 54.9 Å². The van der Waals surface area contributed by atoms with Gasteiger partial charge in [0.15, 0.2) is 18.4 Å². The van der Waals surface area contributed by atoms with Gasteiger partial charge in [-0.05, 0) is 70.1 Å². The molecule has 0 aromatic rings. The molecule has 18 nitrogen and oxygen atoms in total. The average molecular weight is 965 g/mol. The number of aliphatic hydroxyl groups excluding tert-OH is 7. The molecule has 13 atom stereocenters. The van der Waals surface area contributed by atoms with E-state index in [-0.39, 0.29) is 101 Å². The molecule has 3 fully saturated rings. The number of hydrogen-bond donors (Lipinski definition) is 9. The summed E-state index contributed by atoms with van der Waals surface area (Å²) in [7, 11) is 0. The Morgan fingerprint density at radius 3 is 1.69 bits per heavy atom. The minimum atomic E-state index is -1.22. The zero-order chi connectivity index (χ0) is 44.9. The van der Waals surface area contributed by atoms with Gasteiger partial charge in [0.1, 0.15) is 24.4 Å². The van der Waals surface area contributed by atoms with E-state index in [2.05, 4.69) is 17.6 Å². The van der Waals surface area contributed by atoms with Gasteiger partial charge in [0.05, 0.1) is 44.1 Å². The molecule has 0 aromatic heterocycles. The molecule has 62 heavy (non-hydrogen) atoms. The summed E-state index contributed by atoms with van der Waals surface area (Å²) in [5.74, 6) is -1.03.